The highest BCUT2D eigenvalue weighted by Crippen LogP contribution is 2.25. The van der Waals surface area contributed by atoms with Crippen molar-refractivity contribution in [1.82, 2.24) is 0 Å². The van der Waals surface area contributed by atoms with Crippen LogP contribution in [0, 0.1) is 11.3 Å². The van der Waals surface area contributed by atoms with Gasteiger partial charge in [-0.25, -0.2) is 4.99 Å². The van der Waals surface area contributed by atoms with Gasteiger partial charge in [-0.05, 0) is 53.9 Å². The van der Waals surface area contributed by atoms with Crippen molar-refractivity contribution in [2.24, 2.45) is 4.99 Å². The number of anilines is 1. The minimum absolute atomic E-state index is 0.372. The maximum Gasteiger partial charge on any atom is 0.156 e. The number of nitriles is 1. The molecule has 31 heavy (non-hydrogen) atoms. The maximum absolute atomic E-state index is 9.41. The molecule has 0 fully saturated rings. The molecule has 5 nitrogen and oxygen atoms in total. The maximum atomic E-state index is 9.41. The highest BCUT2D eigenvalue weighted by molar-refractivity contribution is 6.11. The molecule has 0 radical (unpaired) electrons. The number of amidine groups is 1. The van der Waals surface area contributed by atoms with Crippen molar-refractivity contribution in [1.29, 1.82) is 5.26 Å². The highest BCUT2D eigenvalue weighted by Gasteiger charge is 2.27. The normalized spacial score (nSPS) is 15.4. The molecule has 1 atom stereocenters. The van der Waals surface area contributed by atoms with Crippen LogP contribution < -0.4 is 9.64 Å². The van der Waals surface area contributed by atoms with Gasteiger partial charge in [0.15, 0.2) is 6.04 Å². The fraction of sp³-hybridized carbons (Fsp3) is 0.231. The Hall–Kier alpha value is -3.62. The summed E-state index contributed by atoms with van der Waals surface area (Å²) in [5.41, 5.74) is 4.40. The van der Waals surface area contributed by atoms with E-state index in [4.69, 9.17) is 9.47 Å². The number of benzene rings is 3. The first-order valence-corrected chi connectivity index (χ1v) is 10.4. The highest BCUT2D eigenvalue weighted by atomic mass is 16.5. The average Bonchev–Trinajstić information content (AvgIpc) is 3.27. The van der Waals surface area contributed by atoms with E-state index in [1.165, 1.54) is 11.1 Å². The predicted molar refractivity (Wildman–Crippen MR) is 123 cm³/mol. The third-order valence-electron chi connectivity index (χ3n) is 5.28. The second kappa shape index (κ2) is 9.92. The largest absolute Gasteiger partial charge is 0.497 e. The average molecular weight is 412 g/mol. The van der Waals surface area contributed by atoms with Crippen LogP contribution in [0.1, 0.15) is 16.7 Å². The van der Waals surface area contributed by atoms with Gasteiger partial charge in [0.05, 0.1) is 32.9 Å². The van der Waals surface area contributed by atoms with Crippen LogP contribution in [-0.4, -0.2) is 32.1 Å². The van der Waals surface area contributed by atoms with Crippen LogP contribution >= 0.6 is 0 Å². The van der Waals surface area contributed by atoms with E-state index in [1.54, 1.807) is 7.11 Å². The Morgan fingerprint density at radius 2 is 1.71 bits per heavy atom. The molecule has 1 heterocycles. The summed E-state index contributed by atoms with van der Waals surface area (Å²) in [5, 5.41) is 9.41. The van der Waals surface area contributed by atoms with E-state index in [1.807, 2.05) is 42.5 Å². The quantitative estimate of drug-likeness (QED) is 0.508. The van der Waals surface area contributed by atoms with Crippen LogP contribution in [0.4, 0.5) is 5.69 Å². The van der Waals surface area contributed by atoms with Crippen molar-refractivity contribution in [3.8, 4) is 11.8 Å². The van der Waals surface area contributed by atoms with Crippen molar-refractivity contribution in [3.05, 3.63) is 95.6 Å². The van der Waals surface area contributed by atoms with Gasteiger partial charge in [0.1, 0.15) is 11.6 Å². The van der Waals surface area contributed by atoms with Crippen LogP contribution in [0.2, 0.25) is 0 Å². The zero-order valence-electron chi connectivity index (χ0n) is 17.6. The molecule has 0 aromatic heterocycles. The molecule has 1 aliphatic heterocycles. The second-order valence-corrected chi connectivity index (χ2v) is 7.39. The summed E-state index contributed by atoms with van der Waals surface area (Å²) in [5.74, 6) is 1.61. The predicted octanol–water partition coefficient (Wildman–Crippen LogP) is 4.61. The SMILES string of the molecule is COc1ccc(C2=NC(C#N)CN2c2ccc(CCOCc3ccccc3)cc2)cc1. The molecule has 156 valence electrons. The lowest BCUT2D eigenvalue weighted by molar-refractivity contribution is 0.124. The van der Waals surface area contributed by atoms with Gasteiger partial charge in [-0.1, -0.05) is 42.5 Å². The van der Waals surface area contributed by atoms with E-state index >= 15 is 0 Å². The summed E-state index contributed by atoms with van der Waals surface area (Å²) in [6.07, 6.45) is 0.855. The van der Waals surface area contributed by atoms with E-state index in [2.05, 4.69) is 52.4 Å². The van der Waals surface area contributed by atoms with Crippen molar-refractivity contribution >= 4 is 11.5 Å². The first-order chi connectivity index (χ1) is 15.3. The van der Waals surface area contributed by atoms with Crippen molar-refractivity contribution in [2.75, 3.05) is 25.2 Å². The van der Waals surface area contributed by atoms with Gasteiger partial charge >= 0.3 is 0 Å². The lowest BCUT2D eigenvalue weighted by Gasteiger charge is -2.21. The Morgan fingerprint density at radius 3 is 2.39 bits per heavy atom. The van der Waals surface area contributed by atoms with Gasteiger partial charge in [0, 0.05) is 11.3 Å². The molecule has 1 aliphatic rings. The molecular formula is C26H25N3O2. The first-order valence-electron chi connectivity index (χ1n) is 10.4. The number of rotatable bonds is 8. The third kappa shape index (κ3) is 5.11. The summed E-state index contributed by atoms with van der Waals surface area (Å²) in [6.45, 7) is 1.86. The van der Waals surface area contributed by atoms with E-state index < -0.39 is 0 Å². The van der Waals surface area contributed by atoms with Gasteiger partial charge in [0.2, 0.25) is 0 Å². The Kier molecular flexibility index (Phi) is 6.61. The third-order valence-corrected chi connectivity index (χ3v) is 5.28. The molecular weight excluding hydrogens is 386 g/mol. The monoisotopic (exact) mass is 411 g/mol. The molecule has 0 saturated heterocycles. The molecule has 0 spiro atoms. The van der Waals surface area contributed by atoms with Crippen molar-refractivity contribution < 1.29 is 9.47 Å². The van der Waals surface area contributed by atoms with Gasteiger partial charge < -0.3 is 14.4 Å². The molecule has 3 aromatic carbocycles. The van der Waals surface area contributed by atoms with E-state index in [0.717, 1.165) is 29.3 Å². The van der Waals surface area contributed by atoms with Crippen LogP contribution in [0.25, 0.3) is 0 Å². The Morgan fingerprint density at radius 1 is 0.968 bits per heavy atom. The summed E-state index contributed by atoms with van der Waals surface area (Å²) in [4.78, 5) is 6.73. The standard InChI is InChI=1S/C26H25N3O2/c1-30-25-13-9-22(10-14-25)26-28-23(17-27)18-29(26)24-11-7-20(8-12-24)15-16-31-19-21-5-3-2-4-6-21/h2-14,23H,15-16,18-19H2,1H3. The summed E-state index contributed by atoms with van der Waals surface area (Å²) in [7, 11) is 1.65. The molecule has 5 heteroatoms. The molecule has 0 amide bonds. The van der Waals surface area contributed by atoms with Crippen LogP contribution in [0.5, 0.6) is 5.75 Å². The molecule has 0 N–H and O–H groups in total. The summed E-state index contributed by atoms with van der Waals surface area (Å²) < 4.78 is 11.0. The molecule has 0 bridgehead atoms. The smallest absolute Gasteiger partial charge is 0.156 e. The summed E-state index contributed by atoms with van der Waals surface area (Å²) in [6, 6.07) is 28.3. The number of ether oxygens (including phenoxy) is 2. The van der Waals surface area contributed by atoms with Crippen LogP contribution in [-0.2, 0) is 17.8 Å². The van der Waals surface area contributed by atoms with Gasteiger partial charge in [-0.15, -0.1) is 0 Å². The molecule has 3 aromatic rings. The van der Waals surface area contributed by atoms with E-state index in [-0.39, 0.29) is 6.04 Å². The Balaban J connectivity index is 1.39. The van der Waals surface area contributed by atoms with Crippen LogP contribution in [0.3, 0.4) is 0 Å². The first kappa shape index (κ1) is 20.6. The van der Waals surface area contributed by atoms with Crippen LogP contribution in [0.15, 0.2) is 83.9 Å². The fourth-order valence-electron chi connectivity index (χ4n) is 3.58. The van der Waals surface area contributed by atoms with E-state index in [0.29, 0.717) is 19.8 Å². The number of aliphatic imine (C=N–C) groups is 1. The lowest BCUT2D eigenvalue weighted by atomic mass is 10.1. The van der Waals surface area contributed by atoms with Gasteiger partial charge in [-0.2, -0.15) is 5.26 Å². The molecule has 4 rings (SSSR count). The molecule has 1 unspecified atom stereocenters. The summed E-state index contributed by atoms with van der Waals surface area (Å²) >= 11 is 0. The molecule has 0 aliphatic carbocycles. The topological polar surface area (TPSA) is 57.8 Å². The number of hydrogen-bond acceptors (Lipinski definition) is 5. The molecule has 0 saturated carbocycles. The zero-order valence-corrected chi connectivity index (χ0v) is 17.6. The van der Waals surface area contributed by atoms with Crippen molar-refractivity contribution in [3.63, 3.8) is 0 Å². The number of methoxy groups -OCH3 is 1. The number of hydrogen-bond donors (Lipinski definition) is 0. The fourth-order valence-corrected chi connectivity index (χ4v) is 3.58. The zero-order chi connectivity index (χ0) is 21.5. The Bertz CT molecular complexity index is 1050. The van der Waals surface area contributed by atoms with Gasteiger partial charge in [0.25, 0.3) is 0 Å². The Labute approximate surface area is 183 Å². The van der Waals surface area contributed by atoms with Crippen molar-refractivity contribution in [2.45, 2.75) is 19.1 Å². The minimum Gasteiger partial charge on any atom is -0.497 e. The second-order valence-electron chi connectivity index (χ2n) is 7.39. The lowest BCUT2D eigenvalue weighted by Crippen LogP contribution is -2.29. The van der Waals surface area contributed by atoms with E-state index in [9.17, 15) is 5.26 Å². The van der Waals surface area contributed by atoms with Gasteiger partial charge in [-0.3, -0.25) is 0 Å². The number of nitrogens with zero attached hydrogens (tertiary/aromatic N) is 3. The minimum atomic E-state index is -0.372.